The zero-order valence-electron chi connectivity index (χ0n) is 14.7. The van der Waals surface area contributed by atoms with E-state index in [4.69, 9.17) is 4.74 Å². The van der Waals surface area contributed by atoms with Gasteiger partial charge in [0.1, 0.15) is 11.9 Å². The van der Waals surface area contributed by atoms with Gasteiger partial charge in [-0.3, -0.25) is 9.36 Å². The van der Waals surface area contributed by atoms with Crippen LogP contribution in [0.1, 0.15) is 25.7 Å². The zero-order chi connectivity index (χ0) is 19.0. The van der Waals surface area contributed by atoms with Crippen LogP contribution in [0, 0.1) is 0 Å². The molecule has 0 spiro atoms. The Labute approximate surface area is 153 Å². The Morgan fingerprint density at radius 3 is 2.74 bits per heavy atom. The lowest BCUT2D eigenvalue weighted by molar-refractivity contribution is -0.153. The van der Waals surface area contributed by atoms with Gasteiger partial charge in [0.15, 0.2) is 0 Å². The van der Waals surface area contributed by atoms with Crippen molar-refractivity contribution in [2.75, 3.05) is 29.5 Å². The summed E-state index contributed by atoms with van der Waals surface area (Å²) in [4.78, 5) is 20.2. The van der Waals surface area contributed by atoms with E-state index in [9.17, 15) is 23.1 Å². The van der Waals surface area contributed by atoms with Crippen LogP contribution >= 0.6 is 0 Å². The summed E-state index contributed by atoms with van der Waals surface area (Å²) in [5.74, 6) is 0.410. The van der Waals surface area contributed by atoms with Crippen molar-refractivity contribution in [3.05, 3.63) is 16.4 Å². The highest BCUT2D eigenvalue weighted by Crippen LogP contribution is 2.41. The third-order valence-corrected chi connectivity index (χ3v) is 6.10. The molecule has 3 aliphatic heterocycles. The summed E-state index contributed by atoms with van der Waals surface area (Å²) in [5, 5.41) is 10.3. The number of halogens is 3. The van der Waals surface area contributed by atoms with E-state index >= 15 is 0 Å². The molecular weight excluding hydrogens is 365 g/mol. The molecule has 1 aromatic heterocycles. The standard InChI is InChI=1S/C17H21F3N4O3/c18-17(19,20)12-1-4-22-14(25)6-13(23-7-11-5-10(23)8-27-11)21-15(22)24(12)9-16(26)2-3-16/h6,10-12,26H,1-5,7-9H2. The number of hydrogen-bond donors (Lipinski definition) is 1. The number of anilines is 2. The summed E-state index contributed by atoms with van der Waals surface area (Å²) in [6, 6.07) is -0.238. The highest BCUT2D eigenvalue weighted by molar-refractivity contribution is 5.49. The number of β-amino-alcohol motifs (C(OH)–C–C–N with tert-alkyl or cyclic N) is 1. The number of rotatable bonds is 3. The lowest BCUT2D eigenvalue weighted by Gasteiger charge is -2.40. The van der Waals surface area contributed by atoms with Crippen molar-refractivity contribution >= 4 is 11.8 Å². The largest absolute Gasteiger partial charge is 0.408 e. The maximum atomic E-state index is 13.6. The Morgan fingerprint density at radius 1 is 1.37 bits per heavy atom. The first kappa shape index (κ1) is 17.3. The van der Waals surface area contributed by atoms with Crippen molar-refractivity contribution < 1.29 is 23.0 Å². The summed E-state index contributed by atoms with van der Waals surface area (Å²) >= 11 is 0. The van der Waals surface area contributed by atoms with Crippen molar-refractivity contribution in [3.63, 3.8) is 0 Å². The Hall–Kier alpha value is -1.81. The SMILES string of the molecule is O=c1cc(N2CC3CC2CO3)nc2n1CCC(C(F)(F)F)N2CC1(O)CC1. The third kappa shape index (κ3) is 2.89. The van der Waals surface area contributed by atoms with E-state index in [-0.39, 0.29) is 43.2 Å². The van der Waals surface area contributed by atoms with Crippen molar-refractivity contribution in [2.45, 2.75) is 62.2 Å². The summed E-state index contributed by atoms with van der Waals surface area (Å²) in [7, 11) is 0. The Morgan fingerprint density at radius 2 is 2.15 bits per heavy atom. The number of ether oxygens (including phenoxy) is 1. The lowest BCUT2D eigenvalue weighted by Crippen LogP contribution is -2.55. The van der Waals surface area contributed by atoms with Gasteiger partial charge in [-0.05, 0) is 25.7 Å². The molecule has 5 rings (SSSR count). The average Bonchev–Trinajstić information content (AvgIpc) is 3.02. The molecule has 27 heavy (non-hydrogen) atoms. The van der Waals surface area contributed by atoms with Gasteiger partial charge < -0.3 is 19.6 Å². The van der Waals surface area contributed by atoms with Gasteiger partial charge in [-0.1, -0.05) is 0 Å². The molecule has 2 saturated heterocycles. The topological polar surface area (TPSA) is 70.8 Å². The number of fused-ring (bicyclic) bond motifs is 3. The van der Waals surface area contributed by atoms with Crippen LogP contribution in [-0.4, -0.2) is 64.3 Å². The number of aliphatic hydroxyl groups is 1. The number of morpholine rings is 1. The minimum Gasteiger partial charge on any atom is -0.388 e. The van der Waals surface area contributed by atoms with Crippen LogP contribution in [0.15, 0.2) is 10.9 Å². The van der Waals surface area contributed by atoms with Gasteiger partial charge in [-0.25, -0.2) is 0 Å². The lowest BCUT2D eigenvalue weighted by atomic mass is 10.1. The molecule has 3 unspecified atom stereocenters. The van der Waals surface area contributed by atoms with Gasteiger partial charge in [0, 0.05) is 19.2 Å². The highest BCUT2D eigenvalue weighted by atomic mass is 19.4. The molecule has 1 saturated carbocycles. The fourth-order valence-electron chi connectivity index (χ4n) is 4.43. The average molecular weight is 386 g/mol. The van der Waals surface area contributed by atoms with Gasteiger partial charge in [0.05, 0.1) is 30.9 Å². The molecule has 7 nitrogen and oxygen atoms in total. The maximum absolute atomic E-state index is 13.6. The molecule has 1 aromatic rings. The van der Waals surface area contributed by atoms with Crippen LogP contribution in [0.25, 0.3) is 0 Å². The quantitative estimate of drug-likeness (QED) is 0.832. The van der Waals surface area contributed by atoms with Crippen LogP contribution < -0.4 is 15.4 Å². The van der Waals surface area contributed by atoms with Gasteiger partial charge in [0.2, 0.25) is 5.95 Å². The fourth-order valence-corrected chi connectivity index (χ4v) is 4.43. The van der Waals surface area contributed by atoms with E-state index in [0.29, 0.717) is 31.8 Å². The minimum atomic E-state index is -4.45. The third-order valence-electron chi connectivity index (χ3n) is 6.10. The van der Waals surface area contributed by atoms with E-state index < -0.39 is 17.8 Å². The van der Waals surface area contributed by atoms with Crippen LogP contribution in [0.5, 0.6) is 0 Å². The van der Waals surface area contributed by atoms with Crippen LogP contribution in [0.4, 0.5) is 24.9 Å². The number of aromatic nitrogens is 2. The molecule has 2 bridgehead atoms. The summed E-state index contributed by atoms with van der Waals surface area (Å²) < 4.78 is 47.8. The smallest absolute Gasteiger partial charge is 0.388 e. The Kier molecular flexibility index (Phi) is 3.59. The van der Waals surface area contributed by atoms with E-state index in [2.05, 4.69) is 4.98 Å². The van der Waals surface area contributed by atoms with Crippen LogP contribution in [0.2, 0.25) is 0 Å². The van der Waals surface area contributed by atoms with E-state index in [1.165, 1.54) is 10.6 Å². The van der Waals surface area contributed by atoms with Crippen molar-refractivity contribution in [1.82, 2.24) is 9.55 Å². The summed E-state index contributed by atoms with van der Waals surface area (Å²) in [6.07, 6.45) is -2.83. The molecule has 4 aliphatic rings. The number of hydrogen-bond acceptors (Lipinski definition) is 6. The predicted molar refractivity (Wildman–Crippen MR) is 90.0 cm³/mol. The summed E-state index contributed by atoms with van der Waals surface area (Å²) in [6.45, 7) is 0.935. The fraction of sp³-hybridized carbons (Fsp3) is 0.765. The van der Waals surface area contributed by atoms with Crippen molar-refractivity contribution in [1.29, 1.82) is 0 Å². The normalized spacial score (nSPS) is 31.3. The molecule has 3 fully saturated rings. The van der Waals surface area contributed by atoms with Crippen LogP contribution in [-0.2, 0) is 11.3 Å². The molecule has 148 valence electrons. The molecular formula is C17H21F3N4O3. The molecule has 3 atom stereocenters. The van der Waals surface area contributed by atoms with Gasteiger partial charge in [-0.2, -0.15) is 18.2 Å². The maximum Gasteiger partial charge on any atom is 0.408 e. The predicted octanol–water partition coefficient (Wildman–Crippen LogP) is 0.887. The van der Waals surface area contributed by atoms with Gasteiger partial charge in [-0.15, -0.1) is 0 Å². The highest BCUT2D eigenvalue weighted by Gasteiger charge is 2.52. The second-order valence-electron chi connectivity index (χ2n) is 8.10. The zero-order valence-corrected chi connectivity index (χ0v) is 14.7. The molecule has 10 heteroatoms. The van der Waals surface area contributed by atoms with E-state index in [1.807, 2.05) is 4.90 Å². The van der Waals surface area contributed by atoms with E-state index in [0.717, 1.165) is 11.3 Å². The van der Waals surface area contributed by atoms with Gasteiger partial charge in [0.25, 0.3) is 5.56 Å². The monoisotopic (exact) mass is 386 g/mol. The van der Waals surface area contributed by atoms with Crippen molar-refractivity contribution in [3.8, 4) is 0 Å². The Bertz CT molecular complexity index is 823. The van der Waals surface area contributed by atoms with Crippen LogP contribution in [0.3, 0.4) is 0 Å². The second-order valence-corrected chi connectivity index (χ2v) is 8.10. The first-order valence-electron chi connectivity index (χ1n) is 9.29. The Balaban J connectivity index is 1.56. The first-order chi connectivity index (χ1) is 12.7. The first-order valence-corrected chi connectivity index (χ1v) is 9.29. The summed E-state index contributed by atoms with van der Waals surface area (Å²) in [5.41, 5.74) is -1.48. The molecule has 0 radical (unpaired) electrons. The molecule has 0 aromatic carbocycles. The minimum absolute atomic E-state index is 0.00934. The second kappa shape index (κ2) is 5.60. The molecule has 1 N–H and O–H groups in total. The molecule has 0 amide bonds. The molecule has 4 heterocycles. The van der Waals surface area contributed by atoms with E-state index in [1.54, 1.807) is 0 Å². The number of alkyl halides is 3. The molecule has 1 aliphatic carbocycles. The van der Waals surface area contributed by atoms with Gasteiger partial charge >= 0.3 is 6.18 Å². The van der Waals surface area contributed by atoms with Crippen molar-refractivity contribution in [2.24, 2.45) is 0 Å². The number of nitrogens with zero attached hydrogens (tertiary/aromatic N) is 4.